The summed E-state index contributed by atoms with van der Waals surface area (Å²) in [4.78, 5) is 14.6. The Kier molecular flexibility index (Phi) is 8.15. The molecule has 3 rings (SSSR count). The Morgan fingerprint density at radius 1 is 1.09 bits per heavy atom. The molecule has 1 aliphatic heterocycles. The molecule has 0 unspecified atom stereocenters. The Hall–Kier alpha value is -2.58. The van der Waals surface area contributed by atoms with Gasteiger partial charge in [-0.05, 0) is 60.7 Å². The zero-order chi connectivity index (χ0) is 23.1. The van der Waals surface area contributed by atoms with Crippen LogP contribution in [0.3, 0.4) is 0 Å². The molecule has 0 aliphatic carbocycles. The highest BCUT2D eigenvalue weighted by molar-refractivity contribution is 7.87. The fourth-order valence-electron chi connectivity index (χ4n) is 3.56. The van der Waals surface area contributed by atoms with Crippen molar-refractivity contribution in [1.29, 1.82) is 0 Å². The van der Waals surface area contributed by atoms with Crippen molar-refractivity contribution in [3.8, 4) is 11.5 Å². The number of rotatable bonds is 10. The molecule has 174 valence electrons. The van der Waals surface area contributed by atoms with Crippen molar-refractivity contribution in [3.05, 3.63) is 54.1 Å². The first kappa shape index (κ1) is 24.1. The lowest BCUT2D eigenvalue weighted by molar-refractivity contribution is -0.134. The summed E-state index contributed by atoms with van der Waals surface area (Å²) in [7, 11) is -2.44. The molecule has 8 heteroatoms. The van der Waals surface area contributed by atoms with E-state index in [-0.39, 0.29) is 28.6 Å². The third kappa shape index (κ3) is 6.71. The highest BCUT2D eigenvalue weighted by atomic mass is 32.2. The van der Waals surface area contributed by atoms with Crippen LogP contribution in [0, 0.1) is 5.92 Å². The number of amides is 1. The Morgan fingerprint density at radius 3 is 2.31 bits per heavy atom. The van der Waals surface area contributed by atoms with Gasteiger partial charge in [0, 0.05) is 26.1 Å². The summed E-state index contributed by atoms with van der Waals surface area (Å²) in [5.41, 5.74) is 0.897. The smallest absolute Gasteiger partial charge is 0.339 e. The first-order valence-corrected chi connectivity index (χ1v) is 12.2. The number of carbonyl (C=O) groups is 1. The Labute approximate surface area is 190 Å². The van der Waals surface area contributed by atoms with Crippen LogP contribution in [0.15, 0.2) is 53.4 Å². The second-order valence-corrected chi connectivity index (χ2v) is 9.91. The van der Waals surface area contributed by atoms with E-state index in [0.29, 0.717) is 25.3 Å². The largest absolute Gasteiger partial charge is 0.497 e. The molecule has 0 saturated carbocycles. The van der Waals surface area contributed by atoms with E-state index < -0.39 is 10.1 Å². The monoisotopic (exact) mass is 461 g/mol. The quantitative estimate of drug-likeness (QED) is 0.497. The molecule has 0 N–H and O–H groups in total. The summed E-state index contributed by atoms with van der Waals surface area (Å²) in [5.74, 6) is 1.14. The highest BCUT2D eigenvalue weighted by Crippen LogP contribution is 2.23. The van der Waals surface area contributed by atoms with Crippen molar-refractivity contribution in [2.45, 2.75) is 50.7 Å². The molecule has 1 heterocycles. The average molecular weight is 462 g/mol. The van der Waals surface area contributed by atoms with Gasteiger partial charge in [-0.25, -0.2) is 0 Å². The van der Waals surface area contributed by atoms with Crippen LogP contribution in [0.5, 0.6) is 11.5 Å². The fraction of sp³-hybridized carbons (Fsp3) is 0.458. The fourth-order valence-corrected chi connectivity index (χ4v) is 4.49. The zero-order valence-corrected chi connectivity index (χ0v) is 19.6. The summed E-state index contributed by atoms with van der Waals surface area (Å²) in [6, 6.07) is 12.8. The number of carbonyl (C=O) groups excluding carboxylic acids is 1. The van der Waals surface area contributed by atoms with Crippen LogP contribution in [-0.4, -0.2) is 45.6 Å². The first-order chi connectivity index (χ1) is 15.3. The van der Waals surface area contributed by atoms with Crippen molar-refractivity contribution in [2.75, 3.05) is 20.3 Å². The second kappa shape index (κ2) is 10.8. The minimum atomic E-state index is -3.95. The lowest BCUT2D eigenvalue weighted by Gasteiger charge is -2.26. The number of ether oxygens (including phenoxy) is 2. The van der Waals surface area contributed by atoms with Gasteiger partial charge in [0.1, 0.15) is 16.4 Å². The van der Waals surface area contributed by atoms with E-state index in [2.05, 4.69) is 0 Å². The summed E-state index contributed by atoms with van der Waals surface area (Å²) in [5, 5.41) is 0. The molecule has 1 amide bonds. The maximum atomic E-state index is 12.8. The third-order valence-electron chi connectivity index (χ3n) is 5.23. The Bertz CT molecular complexity index is 980. The molecule has 0 aromatic heterocycles. The van der Waals surface area contributed by atoms with Crippen molar-refractivity contribution in [2.24, 2.45) is 5.92 Å². The highest BCUT2D eigenvalue weighted by Gasteiger charge is 2.23. The van der Waals surface area contributed by atoms with Gasteiger partial charge >= 0.3 is 10.1 Å². The van der Waals surface area contributed by atoms with Crippen LogP contribution in [0.2, 0.25) is 0 Å². The molecule has 7 nitrogen and oxygen atoms in total. The predicted molar refractivity (Wildman–Crippen MR) is 121 cm³/mol. The Morgan fingerprint density at radius 2 is 1.75 bits per heavy atom. The molecule has 1 saturated heterocycles. The van der Waals surface area contributed by atoms with Crippen LogP contribution < -0.4 is 8.92 Å². The zero-order valence-electron chi connectivity index (χ0n) is 18.8. The molecule has 32 heavy (non-hydrogen) atoms. The summed E-state index contributed by atoms with van der Waals surface area (Å²) in [6.07, 6.45) is 2.53. The molecule has 2 aromatic rings. The number of methoxy groups -OCH3 is 1. The van der Waals surface area contributed by atoms with Gasteiger partial charge < -0.3 is 18.6 Å². The molecule has 1 fully saturated rings. The van der Waals surface area contributed by atoms with E-state index >= 15 is 0 Å². The van der Waals surface area contributed by atoms with Crippen molar-refractivity contribution in [3.63, 3.8) is 0 Å². The topological polar surface area (TPSA) is 82.1 Å². The van der Waals surface area contributed by atoms with E-state index in [4.69, 9.17) is 13.7 Å². The van der Waals surface area contributed by atoms with E-state index in [9.17, 15) is 13.2 Å². The second-order valence-electron chi connectivity index (χ2n) is 8.36. The van der Waals surface area contributed by atoms with Gasteiger partial charge in [0.15, 0.2) is 0 Å². The lowest BCUT2D eigenvalue weighted by atomic mass is 10.1. The van der Waals surface area contributed by atoms with Crippen LogP contribution in [0.25, 0.3) is 0 Å². The van der Waals surface area contributed by atoms with Crippen LogP contribution in [0.1, 0.15) is 38.7 Å². The minimum absolute atomic E-state index is 0.0457. The number of benzene rings is 2. The molecular weight excluding hydrogens is 430 g/mol. The van der Waals surface area contributed by atoms with Gasteiger partial charge in [0.2, 0.25) is 5.91 Å². The molecule has 1 aliphatic rings. The number of hydrogen-bond donors (Lipinski definition) is 0. The molecule has 0 radical (unpaired) electrons. The third-order valence-corrected chi connectivity index (χ3v) is 6.50. The van der Waals surface area contributed by atoms with Crippen LogP contribution in [0.4, 0.5) is 0 Å². The molecule has 2 aromatic carbocycles. The average Bonchev–Trinajstić information content (AvgIpc) is 3.27. The van der Waals surface area contributed by atoms with E-state index in [0.717, 1.165) is 25.0 Å². The maximum absolute atomic E-state index is 12.8. The molecular formula is C24H31NO6S. The number of nitrogens with zero attached hydrogens (tertiary/aromatic N) is 1. The minimum Gasteiger partial charge on any atom is -0.497 e. The van der Waals surface area contributed by atoms with Crippen LogP contribution >= 0.6 is 0 Å². The van der Waals surface area contributed by atoms with Gasteiger partial charge in [-0.15, -0.1) is 0 Å². The molecule has 0 bridgehead atoms. The van der Waals surface area contributed by atoms with E-state index in [1.54, 1.807) is 36.4 Å². The van der Waals surface area contributed by atoms with Gasteiger partial charge in [-0.1, -0.05) is 26.0 Å². The summed E-state index contributed by atoms with van der Waals surface area (Å²) >= 11 is 0. The van der Waals surface area contributed by atoms with Crippen molar-refractivity contribution < 1.29 is 26.9 Å². The Balaban J connectivity index is 1.67. The SMILES string of the molecule is COc1ccc(S(=O)(=O)Oc2ccc(CN(C[C@@H]3CCCO3)C(=O)CC(C)C)cc2)cc1. The van der Waals surface area contributed by atoms with Crippen molar-refractivity contribution >= 4 is 16.0 Å². The molecule has 1 atom stereocenters. The standard InChI is InChI=1S/C24H31NO6S/c1-18(2)15-24(26)25(17-22-5-4-14-30-22)16-19-6-8-21(9-7-19)31-32(27,28)23-12-10-20(29-3)11-13-23/h6-13,18,22H,4-5,14-17H2,1-3H3/t22-/m0/s1. The first-order valence-electron chi connectivity index (χ1n) is 10.8. The predicted octanol–water partition coefficient (Wildman–Crippen LogP) is 4.02. The summed E-state index contributed by atoms with van der Waals surface area (Å²) < 4.78 is 41.1. The normalized spacial score (nSPS) is 16.2. The molecule has 0 spiro atoms. The van der Waals surface area contributed by atoms with Gasteiger partial charge in [0.05, 0.1) is 13.2 Å². The number of hydrogen-bond acceptors (Lipinski definition) is 6. The van der Waals surface area contributed by atoms with Gasteiger partial charge in [-0.3, -0.25) is 4.79 Å². The summed E-state index contributed by atoms with van der Waals surface area (Å²) in [6.45, 7) is 5.80. The van der Waals surface area contributed by atoms with Gasteiger partial charge in [-0.2, -0.15) is 8.42 Å². The van der Waals surface area contributed by atoms with Gasteiger partial charge in [0.25, 0.3) is 0 Å². The van der Waals surface area contributed by atoms with Crippen molar-refractivity contribution in [1.82, 2.24) is 4.90 Å². The lowest BCUT2D eigenvalue weighted by Crippen LogP contribution is -2.37. The van der Waals surface area contributed by atoms with Crippen LogP contribution in [-0.2, 0) is 26.2 Å². The van der Waals surface area contributed by atoms with E-state index in [1.165, 1.54) is 19.2 Å². The van der Waals surface area contributed by atoms with E-state index in [1.807, 2.05) is 18.7 Å². The maximum Gasteiger partial charge on any atom is 0.339 e.